The van der Waals surface area contributed by atoms with Gasteiger partial charge >= 0.3 is 6.18 Å². The summed E-state index contributed by atoms with van der Waals surface area (Å²) in [4.78, 5) is 10.3. The van der Waals surface area contributed by atoms with E-state index >= 15 is 0 Å². The first-order chi connectivity index (χ1) is 13.4. The molecular formula is C21H27F3N4. The molecule has 2 heterocycles. The summed E-state index contributed by atoms with van der Waals surface area (Å²) in [6.45, 7) is 4.85. The lowest BCUT2D eigenvalue weighted by Crippen LogP contribution is -2.48. The zero-order valence-corrected chi connectivity index (χ0v) is 16.1. The van der Waals surface area contributed by atoms with Gasteiger partial charge in [0.2, 0.25) is 0 Å². The van der Waals surface area contributed by atoms with Gasteiger partial charge in [-0.25, -0.2) is 4.98 Å². The molecule has 2 aromatic rings. The lowest BCUT2D eigenvalue weighted by atomic mass is 9.91. The van der Waals surface area contributed by atoms with Crippen LogP contribution in [0.15, 0.2) is 24.3 Å². The average molecular weight is 392 g/mol. The number of alkyl halides is 3. The summed E-state index contributed by atoms with van der Waals surface area (Å²) >= 11 is 0. The van der Waals surface area contributed by atoms with Crippen LogP contribution in [0.4, 0.5) is 13.2 Å². The molecule has 4 nitrogen and oxygen atoms in total. The van der Waals surface area contributed by atoms with E-state index < -0.39 is 11.7 Å². The van der Waals surface area contributed by atoms with Crippen molar-refractivity contribution < 1.29 is 13.2 Å². The van der Waals surface area contributed by atoms with Gasteiger partial charge in [0.05, 0.1) is 11.3 Å². The molecule has 2 N–H and O–H groups in total. The molecular weight excluding hydrogens is 365 g/mol. The number of rotatable bonds is 5. The number of imidazole rings is 1. The highest BCUT2D eigenvalue weighted by atomic mass is 19.4. The molecule has 0 atom stereocenters. The van der Waals surface area contributed by atoms with Crippen molar-refractivity contribution in [3.05, 3.63) is 41.2 Å². The number of nitrogens with zero attached hydrogens (tertiary/aromatic N) is 2. The Kier molecular flexibility index (Phi) is 5.47. The van der Waals surface area contributed by atoms with Gasteiger partial charge in [0.15, 0.2) is 0 Å². The molecule has 0 amide bonds. The van der Waals surface area contributed by atoms with E-state index in [0.717, 1.165) is 62.0 Å². The number of likely N-dealkylation sites (tertiary alicyclic amines) is 1. The molecule has 1 aromatic heterocycles. The number of aromatic amines is 1. The Labute approximate surface area is 163 Å². The Morgan fingerprint density at radius 2 is 1.71 bits per heavy atom. The molecule has 0 bridgehead atoms. The summed E-state index contributed by atoms with van der Waals surface area (Å²) in [5, 5.41) is 3.76. The highest BCUT2D eigenvalue weighted by Gasteiger charge is 2.30. The quantitative estimate of drug-likeness (QED) is 0.787. The molecule has 1 aromatic carbocycles. The van der Waals surface area contributed by atoms with Gasteiger partial charge in [0.1, 0.15) is 5.82 Å². The van der Waals surface area contributed by atoms with Crippen LogP contribution >= 0.6 is 0 Å². The molecule has 1 aliphatic heterocycles. The zero-order chi connectivity index (χ0) is 19.7. The highest BCUT2D eigenvalue weighted by Crippen LogP contribution is 2.30. The minimum Gasteiger partial charge on any atom is -0.342 e. The molecule has 2 aliphatic rings. The van der Waals surface area contributed by atoms with E-state index in [9.17, 15) is 13.2 Å². The van der Waals surface area contributed by atoms with Crippen molar-refractivity contribution in [2.24, 2.45) is 0 Å². The fourth-order valence-corrected chi connectivity index (χ4v) is 3.98. The van der Waals surface area contributed by atoms with Crippen molar-refractivity contribution in [2.45, 2.75) is 63.8 Å². The van der Waals surface area contributed by atoms with Crippen molar-refractivity contribution in [1.29, 1.82) is 0 Å². The Hall–Kier alpha value is -1.86. The molecule has 1 saturated heterocycles. The van der Waals surface area contributed by atoms with Crippen LogP contribution in [-0.4, -0.2) is 40.0 Å². The predicted molar refractivity (Wildman–Crippen MR) is 103 cm³/mol. The van der Waals surface area contributed by atoms with Gasteiger partial charge in [-0.3, -0.25) is 4.90 Å². The summed E-state index contributed by atoms with van der Waals surface area (Å²) in [6, 6.07) is 6.52. The molecule has 2 fully saturated rings. The van der Waals surface area contributed by atoms with Gasteiger partial charge in [-0.05, 0) is 44.7 Å². The predicted octanol–water partition coefficient (Wildman–Crippen LogP) is 4.51. The maximum atomic E-state index is 12.7. The summed E-state index contributed by atoms with van der Waals surface area (Å²) in [5.41, 5.74) is 1.98. The number of halogens is 3. The Morgan fingerprint density at radius 3 is 2.29 bits per heavy atom. The number of benzene rings is 1. The van der Waals surface area contributed by atoms with Crippen molar-refractivity contribution in [2.75, 3.05) is 13.1 Å². The Morgan fingerprint density at radius 1 is 1.07 bits per heavy atom. The third-order valence-corrected chi connectivity index (χ3v) is 6.01. The van der Waals surface area contributed by atoms with Gasteiger partial charge in [0, 0.05) is 43.0 Å². The third kappa shape index (κ3) is 4.41. The van der Waals surface area contributed by atoms with Crippen molar-refractivity contribution in [1.82, 2.24) is 20.2 Å². The molecule has 1 aliphatic carbocycles. The monoisotopic (exact) mass is 392 g/mol. The smallest absolute Gasteiger partial charge is 0.342 e. The van der Waals surface area contributed by atoms with Gasteiger partial charge in [-0.1, -0.05) is 18.6 Å². The number of hydrogen-bond acceptors (Lipinski definition) is 3. The number of hydrogen-bond donors (Lipinski definition) is 2. The SMILES string of the molecule is Cc1[nH]c(-c2ccc(C(F)(F)F)cc2)nc1CN1CCC(NC2CCC2)CC1. The number of piperidine rings is 1. The van der Waals surface area contributed by atoms with E-state index in [1.165, 1.54) is 31.4 Å². The molecule has 1 saturated carbocycles. The van der Waals surface area contributed by atoms with Crippen LogP contribution in [0.5, 0.6) is 0 Å². The zero-order valence-electron chi connectivity index (χ0n) is 16.1. The summed E-state index contributed by atoms with van der Waals surface area (Å²) in [6.07, 6.45) is 1.99. The van der Waals surface area contributed by atoms with E-state index in [4.69, 9.17) is 0 Å². The molecule has 7 heteroatoms. The van der Waals surface area contributed by atoms with Gasteiger partial charge in [-0.2, -0.15) is 13.2 Å². The summed E-state index contributed by atoms with van der Waals surface area (Å²) < 4.78 is 38.2. The second-order valence-electron chi connectivity index (χ2n) is 8.08. The van der Waals surface area contributed by atoms with Gasteiger partial charge in [-0.15, -0.1) is 0 Å². The van der Waals surface area contributed by atoms with Gasteiger partial charge in [0.25, 0.3) is 0 Å². The van der Waals surface area contributed by atoms with Crippen LogP contribution in [0.2, 0.25) is 0 Å². The van der Waals surface area contributed by atoms with Crippen molar-refractivity contribution in [3.63, 3.8) is 0 Å². The van der Waals surface area contributed by atoms with Gasteiger partial charge < -0.3 is 10.3 Å². The number of H-pyrrole nitrogens is 1. The molecule has 0 spiro atoms. The number of aromatic nitrogens is 2. The summed E-state index contributed by atoms with van der Waals surface area (Å²) in [5.74, 6) is 0.628. The van der Waals surface area contributed by atoms with Crippen LogP contribution in [-0.2, 0) is 12.7 Å². The fourth-order valence-electron chi connectivity index (χ4n) is 3.98. The molecule has 0 unspecified atom stereocenters. The minimum atomic E-state index is -4.32. The maximum Gasteiger partial charge on any atom is 0.416 e. The fraction of sp³-hybridized carbons (Fsp3) is 0.571. The molecule has 0 radical (unpaired) electrons. The standard InChI is InChI=1S/C21H27F3N4/c1-14-19(13-28-11-9-18(10-12-28)26-17-3-2-4-17)27-20(25-14)15-5-7-16(8-6-15)21(22,23)24/h5-8,17-18,26H,2-4,9-13H2,1H3,(H,25,27). The average Bonchev–Trinajstić information content (AvgIpc) is 2.99. The second-order valence-corrected chi connectivity index (χ2v) is 8.08. The molecule has 28 heavy (non-hydrogen) atoms. The van der Waals surface area contributed by atoms with E-state index in [0.29, 0.717) is 17.4 Å². The minimum absolute atomic E-state index is 0.628. The highest BCUT2D eigenvalue weighted by molar-refractivity contribution is 5.56. The first-order valence-electron chi connectivity index (χ1n) is 10.1. The topological polar surface area (TPSA) is 44.0 Å². The third-order valence-electron chi connectivity index (χ3n) is 6.01. The first-order valence-corrected chi connectivity index (χ1v) is 10.1. The Bertz CT molecular complexity index is 785. The number of aryl methyl sites for hydroxylation is 1. The van der Waals surface area contributed by atoms with Crippen molar-refractivity contribution in [3.8, 4) is 11.4 Å². The largest absolute Gasteiger partial charge is 0.416 e. The van der Waals surface area contributed by atoms with Crippen LogP contribution in [0.1, 0.15) is 49.1 Å². The van der Waals surface area contributed by atoms with Crippen LogP contribution in [0.25, 0.3) is 11.4 Å². The molecule has 152 valence electrons. The lowest BCUT2D eigenvalue weighted by molar-refractivity contribution is -0.137. The Balaban J connectivity index is 1.35. The summed E-state index contributed by atoms with van der Waals surface area (Å²) in [7, 11) is 0. The maximum absolute atomic E-state index is 12.7. The normalized spacial score (nSPS) is 19.7. The first kappa shape index (κ1) is 19.5. The van der Waals surface area contributed by atoms with Crippen molar-refractivity contribution >= 4 is 0 Å². The van der Waals surface area contributed by atoms with E-state index in [1.54, 1.807) is 0 Å². The van der Waals surface area contributed by atoms with E-state index in [-0.39, 0.29) is 0 Å². The second kappa shape index (κ2) is 7.87. The van der Waals surface area contributed by atoms with Crippen LogP contribution in [0.3, 0.4) is 0 Å². The van der Waals surface area contributed by atoms with Crippen LogP contribution < -0.4 is 5.32 Å². The number of nitrogens with one attached hydrogen (secondary N) is 2. The van der Waals surface area contributed by atoms with E-state index in [1.807, 2.05) is 6.92 Å². The lowest BCUT2D eigenvalue weighted by Gasteiger charge is -2.37. The molecule has 4 rings (SSSR count). The van der Waals surface area contributed by atoms with Crippen LogP contribution in [0, 0.1) is 6.92 Å². The van der Waals surface area contributed by atoms with E-state index in [2.05, 4.69) is 20.2 Å².